The molecule has 0 saturated heterocycles. The average molecular weight is 356 g/mol. The molecule has 2 radical (unpaired) electrons. The molecule has 0 bridgehead atoms. The molecule has 0 unspecified atom stereocenters. The first kappa shape index (κ1) is 19.0. The molecule has 0 aliphatic carbocycles. The van der Waals surface area contributed by atoms with Crippen molar-refractivity contribution in [3.05, 3.63) is 77.3 Å². The van der Waals surface area contributed by atoms with Crippen LogP contribution in [-0.2, 0) is 0 Å². The molecule has 27 heavy (non-hydrogen) atoms. The molecule has 136 valence electrons. The van der Waals surface area contributed by atoms with Gasteiger partial charge in [-0.15, -0.1) is 0 Å². The minimum Gasteiger partial charge on any atom is -0.403 e. The van der Waals surface area contributed by atoms with Crippen molar-refractivity contribution in [3.63, 3.8) is 0 Å². The van der Waals surface area contributed by atoms with E-state index in [1.165, 1.54) is 5.69 Å². The second kappa shape index (κ2) is 8.27. The Morgan fingerprint density at radius 1 is 1.19 bits per heavy atom. The van der Waals surface area contributed by atoms with Gasteiger partial charge < -0.3 is 15.1 Å². The second-order valence-corrected chi connectivity index (χ2v) is 6.85. The lowest BCUT2D eigenvalue weighted by atomic mass is 10.0. The van der Waals surface area contributed by atoms with Crippen LogP contribution in [0.5, 0.6) is 0 Å². The van der Waals surface area contributed by atoms with E-state index in [1.807, 2.05) is 38.5 Å². The van der Waals surface area contributed by atoms with Crippen LogP contribution in [0.1, 0.15) is 24.6 Å². The maximum atomic E-state index is 6.04. The first-order valence-corrected chi connectivity index (χ1v) is 9.08. The van der Waals surface area contributed by atoms with Crippen LogP contribution in [0.15, 0.2) is 71.0 Å². The van der Waals surface area contributed by atoms with Gasteiger partial charge in [0.1, 0.15) is 0 Å². The van der Waals surface area contributed by atoms with Gasteiger partial charge in [0.2, 0.25) is 7.98 Å². The average Bonchev–Trinajstić information content (AvgIpc) is 3.24. The van der Waals surface area contributed by atoms with Crippen LogP contribution in [0, 0.1) is 0 Å². The van der Waals surface area contributed by atoms with Crippen molar-refractivity contribution in [2.75, 3.05) is 25.5 Å². The van der Waals surface area contributed by atoms with Gasteiger partial charge >= 0.3 is 0 Å². The van der Waals surface area contributed by atoms with Crippen LogP contribution in [0.25, 0.3) is 11.6 Å². The topological polar surface area (TPSA) is 46.6 Å². The Balaban J connectivity index is 1.88. The molecule has 1 aliphatic rings. The van der Waals surface area contributed by atoms with E-state index in [1.54, 1.807) is 4.48 Å². The first-order valence-electron chi connectivity index (χ1n) is 9.08. The molecule has 0 amide bonds. The van der Waals surface area contributed by atoms with E-state index < -0.39 is 0 Å². The van der Waals surface area contributed by atoms with Gasteiger partial charge in [-0.2, -0.15) is 0 Å². The number of rotatable bonds is 6. The van der Waals surface area contributed by atoms with Crippen molar-refractivity contribution in [1.29, 1.82) is 0 Å². The molecule has 0 atom stereocenters. The SMILES string of the molecule is [B]n1cccc1/C(CCN)=C1N=C(/C=C/c2ccc(N(C)C)cc2)C=C\1C. The Kier molecular flexibility index (Phi) is 5.82. The lowest BCUT2D eigenvalue weighted by Crippen LogP contribution is -2.07. The van der Waals surface area contributed by atoms with Crippen LogP contribution in [0.2, 0.25) is 0 Å². The van der Waals surface area contributed by atoms with Crippen LogP contribution in [-0.4, -0.2) is 38.8 Å². The largest absolute Gasteiger partial charge is 0.403 e. The van der Waals surface area contributed by atoms with Gasteiger partial charge in [0.15, 0.2) is 0 Å². The summed E-state index contributed by atoms with van der Waals surface area (Å²) in [5.74, 6) is 0. The highest BCUT2D eigenvalue weighted by Gasteiger charge is 2.16. The molecule has 2 aromatic rings. The summed E-state index contributed by atoms with van der Waals surface area (Å²) in [6.07, 6.45) is 8.79. The number of hydrogen-bond acceptors (Lipinski definition) is 3. The molecule has 2 N–H and O–H groups in total. The number of benzene rings is 1. The fourth-order valence-electron chi connectivity index (χ4n) is 3.16. The molecule has 0 fully saturated rings. The molecular weight excluding hydrogens is 331 g/mol. The van der Waals surface area contributed by atoms with Gasteiger partial charge in [-0.3, -0.25) is 0 Å². The predicted octanol–water partition coefficient (Wildman–Crippen LogP) is 3.66. The molecule has 1 aromatic heterocycles. The van der Waals surface area contributed by atoms with Gasteiger partial charge in [0.25, 0.3) is 0 Å². The Bertz CT molecular complexity index is 927. The quantitative estimate of drug-likeness (QED) is 0.803. The highest BCUT2D eigenvalue weighted by Crippen LogP contribution is 2.31. The smallest absolute Gasteiger partial charge is 0.234 e. The van der Waals surface area contributed by atoms with Gasteiger partial charge in [-0.05, 0) is 73.6 Å². The van der Waals surface area contributed by atoms with E-state index in [2.05, 4.69) is 48.2 Å². The highest BCUT2D eigenvalue weighted by molar-refractivity contribution is 6.11. The van der Waals surface area contributed by atoms with E-state index >= 15 is 0 Å². The number of aromatic nitrogens is 1. The Hall–Kier alpha value is -2.79. The summed E-state index contributed by atoms with van der Waals surface area (Å²) in [6, 6.07) is 12.4. The molecule has 2 heterocycles. The van der Waals surface area contributed by atoms with Crippen molar-refractivity contribution in [2.24, 2.45) is 10.7 Å². The Morgan fingerprint density at radius 3 is 2.52 bits per heavy atom. The highest BCUT2D eigenvalue weighted by atomic mass is 15.1. The molecule has 4 nitrogen and oxygen atoms in total. The summed E-state index contributed by atoms with van der Waals surface area (Å²) >= 11 is 0. The third kappa shape index (κ3) is 4.31. The van der Waals surface area contributed by atoms with E-state index in [-0.39, 0.29) is 0 Å². The van der Waals surface area contributed by atoms with Gasteiger partial charge in [0, 0.05) is 31.0 Å². The Morgan fingerprint density at radius 2 is 1.93 bits per heavy atom. The lowest BCUT2D eigenvalue weighted by Gasteiger charge is -2.12. The molecule has 1 aromatic carbocycles. The monoisotopic (exact) mass is 356 g/mol. The molecular formula is C22H25BN4. The van der Waals surface area contributed by atoms with E-state index in [0.29, 0.717) is 6.54 Å². The number of allylic oxidation sites excluding steroid dienone is 3. The second-order valence-electron chi connectivity index (χ2n) is 6.85. The minimum atomic E-state index is 0.552. The van der Waals surface area contributed by atoms with Crippen molar-refractivity contribution < 1.29 is 0 Å². The number of anilines is 1. The fourth-order valence-corrected chi connectivity index (χ4v) is 3.16. The zero-order chi connectivity index (χ0) is 19.4. The van der Waals surface area contributed by atoms with Crippen LogP contribution in [0.3, 0.4) is 0 Å². The number of nitrogens with zero attached hydrogens (tertiary/aromatic N) is 3. The standard InChI is InChI=1S/C22H25BN4/c1-16-15-18(9-6-17-7-10-19(11-8-17)26(2)3)25-22(16)20(12-13-24)21-5-4-14-27(21)23/h4-11,14-15H,12-13,24H2,1-3H3/b9-6+,22-20-. The van der Waals surface area contributed by atoms with Crippen LogP contribution < -0.4 is 10.6 Å². The third-order valence-electron chi connectivity index (χ3n) is 4.60. The van der Waals surface area contributed by atoms with E-state index in [9.17, 15) is 0 Å². The Labute approximate surface area is 162 Å². The molecule has 0 spiro atoms. The lowest BCUT2D eigenvalue weighted by molar-refractivity contribution is 0.997. The number of nitrogens with two attached hydrogens (primary N) is 1. The molecule has 3 rings (SSSR count). The van der Waals surface area contributed by atoms with E-state index in [4.69, 9.17) is 18.7 Å². The summed E-state index contributed by atoms with van der Waals surface area (Å²) in [7, 11) is 10.1. The molecule has 0 saturated carbocycles. The van der Waals surface area contributed by atoms with Gasteiger partial charge in [-0.1, -0.05) is 18.2 Å². The molecule has 5 heteroatoms. The van der Waals surface area contributed by atoms with Crippen LogP contribution >= 0.6 is 0 Å². The maximum absolute atomic E-state index is 6.04. The molecule has 1 aliphatic heterocycles. The number of hydrogen-bond donors (Lipinski definition) is 1. The van der Waals surface area contributed by atoms with E-state index in [0.717, 1.165) is 40.2 Å². The summed E-state index contributed by atoms with van der Waals surface area (Å²) in [5.41, 5.74) is 13.2. The van der Waals surface area contributed by atoms with Crippen molar-refractivity contribution in [3.8, 4) is 0 Å². The number of aliphatic imine (C=N–C) groups is 1. The van der Waals surface area contributed by atoms with Crippen molar-refractivity contribution in [1.82, 2.24) is 4.48 Å². The summed E-state index contributed by atoms with van der Waals surface area (Å²) in [6.45, 7) is 2.63. The predicted molar refractivity (Wildman–Crippen MR) is 117 cm³/mol. The summed E-state index contributed by atoms with van der Waals surface area (Å²) < 4.78 is 1.63. The fraction of sp³-hybridized carbons (Fsp3) is 0.227. The van der Waals surface area contributed by atoms with Crippen molar-refractivity contribution >= 4 is 31.0 Å². The van der Waals surface area contributed by atoms with Gasteiger partial charge in [0.05, 0.1) is 11.4 Å². The summed E-state index contributed by atoms with van der Waals surface area (Å²) in [5, 5.41) is 0. The zero-order valence-electron chi connectivity index (χ0n) is 16.2. The summed E-state index contributed by atoms with van der Waals surface area (Å²) in [4.78, 5) is 6.92. The van der Waals surface area contributed by atoms with Crippen molar-refractivity contribution in [2.45, 2.75) is 13.3 Å². The maximum Gasteiger partial charge on any atom is 0.234 e. The minimum absolute atomic E-state index is 0.552. The normalized spacial score (nSPS) is 15.9. The third-order valence-corrected chi connectivity index (χ3v) is 4.60. The zero-order valence-corrected chi connectivity index (χ0v) is 16.2. The van der Waals surface area contributed by atoms with Crippen LogP contribution in [0.4, 0.5) is 5.69 Å². The van der Waals surface area contributed by atoms with Gasteiger partial charge in [-0.25, -0.2) is 4.99 Å². The first-order chi connectivity index (χ1) is 13.0.